The highest BCUT2D eigenvalue weighted by molar-refractivity contribution is 6.39. The molecule has 0 aliphatic rings. The highest BCUT2D eigenvalue weighted by atomic mass is 16.7. The first-order valence-electron chi connectivity index (χ1n) is 6.74. The van der Waals surface area contributed by atoms with Crippen LogP contribution in [0.3, 0.4) is 0 Å². The van der Waals surface area contributed by atoms with Crippen LogP contribution >= 0.6 is 0 Å². The van der Waals surface area contributed by atoms with Crippen LogP contribution in [0.2, 0.25) is 0 Å². The molecule has 7 heteroatoms. The smallest absolute Gasteiger partial charge is 0.365 e. The first kappa shape index (κ1) is 17.4. The van der Waals surface area contributed by atoms with E-state index >= 15 is 0 Å². The molecule has 0 saturated carbocycles. The van der Waals surface area contributed by atoms with Gasteiger partial charge >= 0.3 is 17.9 Å². The summed E-state index contributed by atoms with van der Waals surface area (Å²) in [6, 6.07) is 8.13. The summed E-state index contributed by atoms with van der Waals surface area (Å²) in [6.07, 6.45) is -0.436. The molecular formula is C15H17NO6. The molecule has 0 N–H and O–H groups in total. The number of rotatable bonds is 7. The molecule has 0 bridgehead atoms. The molecule has 0 aliphatic carbocycles. The van der Waals surface area contributed by atoms with E-state index < -0.39 is 24.3 Å². The lowest BCUT2D eigenvalue weighted by Crippen LogP contribution is -2.23. The van der Waals surface area contributed by atoms with Crippen molar-refractivity contribution < 1.29 is 28.7 Å². The predicted molar refractivity (Wildman–Crippen MR) is 77.2 cm³/mol. The van der Waals surface area contributed by atoms with E-state index in [1.807, 2.05) is 0 Å². The zero-order valence-electron chi connectivity index (χ0n) is 12.4. The van der Waals surface area contributed by atoms with Crippen molar-refractivity contribution in [3.05, 3.63) is 35.9 Å². The molecule has 1 aromatic rings. The van der Waals surface area contributed by atoms with Crippen LogP contribution in [0.25, 0.3) is 0 Å². The fourth-order valence-electron chi connectivity index (χ4n) is 1.43. The van der Waals surface area contributed by atoms with Gasteiger partial charge < -0.3 is 14.3 Å². The van der Waals surface area contributed by atoms with Gasteiger partial charge in [-0.1, -0.05) is 23.4 Å². The summed E-state index contributed by atoms with van der Waals surface area (Å²) in [7, 11) is 0. The van der Waals surface area contributed by atoms with Gasteiger partial charge in [0.25, 0.3) is 0 Å². The van der Waals surface area contributed by atoms with Gasteiger partial charge in [-0.3, -0.25) is 4.79 Å². The molecule has 0 heterocycles. The lowest BCUT2D eigenvalue weighted by atomic mass is 10.2. The summed E-state index contributed by atoms with van der Waals surface area (Å²) in [5, 5.41) is 3.43. The van der Waals surface area contributed by atoms with Crippen LogP contribution in [0.15, 0.2) is 35.5 Å². The second-order valence-corrected chi connectivity index (χ2v) is 3.99. The van der Waals surface area contributed by atoms with Gasteiger partial charge in [-0.2, -0.15) is 0 Å². The van der Waals surface area contributed by atoms with Crippen molar-refractivity contribution in [2.24, 2.45) is 5.16 Å². The molecule has 7 nitrogen and oxygen atoms in total. The Bertz CT molecular complexity index is 552. The largest absolute Gasteiger partial charge is 0.466 e. The lowest BCUT2D eigenvalue weighted by molar-refractivity contribution is -0.143. The molecule has 0 saturated heterocycles. The van der Waals surface area contributed by atoms with Crippen LogP contribution in [-0.2, 0) is 23.9 Å². The third-order valence-electron chi connectivity index (χ3n) is 2.38. The number of carbonyl (C=O) groups is 3. The monoisotopic (exact) mass is 307 g/mol. The Morgan fingerprint density at radius 2 is 1.64 bits per heavy atom. The molecule has 118 valence electrons. The van der Waals surface area contributed by atoms with Gasteiger partial charge in [0.05, 0.1) is 25.2 Å². The maximum absolute atomic E-state index is 11.7. The maximum atomic E-state index is 11.7. The summed E-state index contributed by atoms with van der Waals surface area (Å²) >= 11 is 0. The van der Waals surface area contributed by atoms with Crippen molar-refractivity contribution in [1.29, 1.82) is 0 Å². The molecule has 0 amide bonds. The minimum Gasteiger partial charge on any atom is -0.466 e. The van der Waals surface area contributed by atoms with Crippen molar-refractivity contribution in [3.63, 3.8) is 0 Å². The van der Waals surface area contributed by atoms with E-state index in [1.165, 1.54) is 12.1 Å². The topological polar surface area (TPSA) is 91.3 Å². The molecule has 0 atom stereocenters. The number of hydrogen-bond acceptors (Lipinski definition) is 7. The Hall–Kier alpha value is -2.70. The first-order chi connectivity index (χ1) is 10.6. The van der Waals surface area contributed by atoms with E-state index in [1.54, 1.807) is 32.0 Å². The van der Waals surface area contributed by atoms with Crippen molar-refractivity contribution in [3.8, 4) is 0 Å². The van der Waals surface area contributed by atoms with Crippen LogP contribution in [0.4, 0.5) is 0 Å². The van der Waals surface area contributed by atoms with Crippen molar-refractivity contribution >= 4 is 23.6 Å². The van der Waals surface area contributed by atoms with E-state index in [0.717, 1.165) is 0 Å². The average Bonchev–Trinajstić information content (AvgIpc) is 2.52. The number of benzene rings is 1. The molecule has 0 spiro atoms. The Morgan fingerprint density at radius 1 is 1.00 bits per heavy atom. The molecule has 0 fully saturated rings. The van der Waals surface area contributed by atoms with Crippen LogP contribution < -0.4 is 0 Å². The fourth-order valence-corrected chi connectivity index (χ4v) is 1.43. The third kappa shape index (κ3) is 5.74. The average molecular weight is 307 g/mol. The van der Waals surface area contributed by atoms with Crippen molar-refractivity contribution in [2.75, 3.05) is 13.2 Å². The zero-order chi connectivity index (χ0) is 16.4. The summed E-state index contributed by atoms with van der Waals surface area (Å²) in [6.45, 7) is 3.51. The summed E-state index contributed by atoms with van der Waals surface area (Å²) in [5.74, 6) is -2.24. The lowest BCUT2D eigenvalue weighted by Gasteiger charge is -2.05. The molecule has 0 unspecified atom stereocenters. The van der Waals surface area contributed by atoms with Gasteiger partial charge in [0.2, 0.25) is 0 Å². The van der Waals surface area contributed by atoms with Crippen LogP contribution in [0.5, 0.6) is 0 Å². The van der Waals surface area contributed by atoms with Gasteiger partial charge in [-0.15, -0.1) is 0 Å². The number of nitrogens with zero attached hydrogens (tertiary/aromatic N) is 1. The molecule has 0 radical (unpaired) electrons. The van der Waals surface area contributed by atoms with Crippen molar-refractivity contribution in [2.45, 2.75) is 20.3 Å². The van der Waals surface area contributed by atoms with Gasteiger partial charge in [0, 0.05) is 0 Å². The zero-order valence-corrected chi connectivity index (χ0v) is 12.4. The second kappa shape index (κ2) is 9.28. The fraction of sp³-hybridized carbons (Fsp3) is 0.333. The van der Waals surface area contributed by atoms with Gasteiger partial charge in [0.1, 0.15) is 0 Å². The number of oxime groups is 1. The van der Waals surface area contributed by atoms with E-state index in [2.05, 4.69) is 9.99 Å². The molecule has 0 aromatic heterocycles. The van der Waals surface area contributed by atoms with Gasteiger partial charge in [-0.05, 0) is 26.0 Å². The van der Waals surface area contributed by atoms with Gasteiger partial charge in [-0.25, -0.2) is 9.59 Å². The standard InChI is InChI=1S/C15H17NO6/c1-3-20-13(17)10-12(15(19)21-4-2)16-22-14(18)11-8-6-5-7-9-11/h5-9H,3-4,10H2,1-2H3/b16-12-. The van der Waals surface area contributed by atoms with E-state index in [9.17, 15) is 14.4 Å². The normalized spacial score (nSPS) is 10.7. The van der Waals surface area contributed by atoms with Crippen molar-refractivity contribution in [1.82, 2.24) is 0 Å². The Labute approximate surface area is 127 Å². The molecule has 0 aliphatic heterocycles. The quantitative estimate of drug-likeness (QED) is 0.330. The Morgan fingerprint density at radius 3 is 2.23 bits per heavy atom. The van der Waals surface area contributed by atoms with E-state index in [0.29, 0.717) is 0 Å². The highest BCUT2D eigenvalue weighted by Gasteiger charge is 2.20. The number of hydrogen-bond donors (Lipinski definition) is 0. The first-order valence-corrected chi connectivity index (χ1v) is 6.74. The number of esters is 2. The van der Waals surface area contributed by atoms with E-state index in [4.69, 9.17) is 9.47 Å². The Kier molecular flexibility index (Phi) is 7.32. The molecule has 1 rings (SSSR count). The molecular weight excluding hydrogens is 290 g/mol. The van der Waals surface area contributed by atoms with Crippen LogP contribution in [0.1, 0.15) is 30.6 Å². The minimum absolute atomic E-state index is 0.104. The molecule has 22 heavy (non-hydrogen) atoms. The summed E-state index contributed by atoms with van der Waals surface area (Å²) < 4.78 is 9.48. The van der Waals surface area contributed by atoms with Crippen LogP contribution in [0, 0.1) is 0 Å². The minimum atomic E-state index is -0.837. The number of ether oxygens (including phenoxy) is 2. The summed E-state index contributed by atoms with van der Waals surface area (Å²) in [5.41, 5.74) is -0.0600. The SMILES string of the molecule is CCOC(=O)C/C(=N/OC(=O)c1ccccc1)C(=O)OCC. The predicted octanol–water partition coefficient (Wildman–Crippen LogP) is 1.72. The maximum Gasteiger partial charge on any atom is 0.365 e. The Balaban J connectivity index is 2.79. The number of carbonyl (C=O) groups excluding carboxylic acids is 3. The summed E-state index contributed by atoms with van der Waals surface area (Å²) in [4.78, 5) is 39.5. The van der Waals surface area contributed by atoms with E-state index in [-0.39, 0.29) is 24.5 Å². The second-order valence-electron chi connectivity index (χ2n) is 3.99. The third-order valence-corrected chi connectivity index (χ3v) is 2.38. The van der Waals surface area contributed by atoms with Gasteiger partial charge in [0.15, 0.2) is 5.71 Å². The van der Waals surface area contributed by atoms with Crippen LogP contribution in [-0.4, -0.2) is 36.8 Å². The highest BCUT2D eigenvalue weighted by Crippen LogP contribution is 2.03. The molecule has 1 aromatic carbocycles.